The molecule has 0 saturated heterocycles. The molecule has 0 aromatic rings. The third-order valence-electron chi connectivity index (χ3n) is 10.2. The van der Waals surface area contributed by atoms with Crippen molar-refractivity contribution in [3.8, 4) is 0 Å². The summed E-state index contributed by atoms with van der Waals surface area (Å²) in [4.78, 5) is 35.7. The molecule has 2 unspecified atom stereocenters. The molecule has 2 atom stereocenters. The van der Waals surface area contributed by atoms with Gasteiger partial charge in [0.25, 0.3) is 0 Å². The van der Waals surface area contributed by atoms with Crippen LogP contribution >= 0.6 is 7.82 Å². The second-order valence-electron chi connectivity index (χ2n) is 16.6. The van der Waals surface area contributed by atoms with E-state index in [1.165, 1.54) is 89.9 Å². The molecular formula is C40H77N5O8P+. The van der Waals surface area contributed by atoms with Crippen molar-refractivity contribution in [2.45, 2.75) is 198 Å². The van der Waals surface area contributed by atoms with Crippen LogP contribution in [0.5, 0.6) is 0 Å². The minimum atomic E-state index is -4.41. The molecule has 2 aliphatic rings. The Kier molecular flexibility index (Phi) is 24.1. The van der Waals surface area contributed by atoms with Gasteiger partial charge in [-0.3, -0.25) is 18.6 Å². The van der Waals surface area contributed by atoms with Crippen molar-refractivity contribution < 1.29 is 42.1 Å². The molecule has 0 amide bonds. The van der Waals surface area contributed by atoms with Gasteiger partial charge in [-0.1, -0.05) is 104 Å². The minimum Gasteiger partial charge on any atom is -0.462 e. The van der Waals surface area contributed by atoms with Gasteiger partial charge in [0.2, 0.25) is 0 Å². The van der Waals surface area contributed by atoms with Crippen LogP contribution in [-0.2, 0) is 32.7 Å². The molecule has 2 aliphatic heterocycles. The highest BCUT2D eigenvalue weighted by Gasteiger charge is 2.39. The number of phosphoric acid groups is 1. The Hall–Kier alpha value is -1.79. The van der Waals surface area contributed by atoms with Crippen LogP contribution in [0.1, 0.15) is 181 Å². The minimum absolute atomic E-state index is 0.0107. The number of carbonyl (C=O) groups is 2. The first-order chi connectivity index (χ1) is 25.8. The van der Waals surface area contributed by atoms with Crippen molar-refractivity contribution >= 4 is 19.8 Å². The molecule has 0 aromatic heterocycles. The van der Waals surface area contributed by atoms with Crippen LogP contribution in [0.25, 0.3) is 0 Å². The van der Waals surface area contributed by atoms with Crippen LogP contribution in [0.15, 0.2) is 20.5 Å². The second-order valence-corrected chi connectivity index (χ2v) is 18.1. The highest BCUT2D eigenvalue weighted by atomic mass is 31.2. The SMILES string of the molecule is CCCCCCCCCCC1(CCCCC(=O)OCC(COP(=O)(O)OCC[N+](C)(C)C)OC(=O)CCCCC2(CCCCCCCCCC)N=N2)N=N1. The van der Waals surface area contributed by atoms with Gasteiger partial charge in [0.1, 0.15) is 19.8 Å². The summed E-state index contributed by atoms with van der Waals surface area (Å²) in [6.45, 7) is 4.25. The molecular weight excluding hydrogens is 709 g/mol. The number of hydrogen-bond donors (Lipinski definition) is 1. The normalized spacial score (nSPS) is 16.9. The summed E-state index contributed by atoms with van der Waals surface area (Å²) in [6, 6.07) is 0. The van der Waals surface area contributed by atoms with Crippen LogP contribution in [0.4, 0.5) is 0 Å². The van der Waals surface area contributed by atoms with E-state index in [1.54, 1.807) is 0 Å². The third kappa shape index (κ3) is 25.4. The Balaban J connectivity index is 1.69. The van der Waals surface area contributed by atoms with E-state index < -0.39 is 32.5 Å². The Morgan fingerprint density at radius 1 is 0.593 bits per heavy atom. The molecule has 0 saturated carbocycles. The number of likely N-dealkylation sites (N-methyl/N-ethyl adjacent to an activating group) is 1. The summed E-state index contributed by atoms with van der Waals surface area (Å²) >= 11 is 0. The number of nitrogens with zero attached hydrogens (tertiary/aromatic N) is 5. The fourth-order valence-electron chi connectivity index (χ4n) is 6.49. The first-order valence-electron chi connectivity index (χ1n) is 21.5. The lowest BCUT2D eigenvalue weighted by Gasteiger charge is -2.24. The Morgan fingerprint density at radius 2 is 1.00 bits per heavy atom. The fraction of sp³-hybridized carbons (Fsp3) is 0.950. The predicted molar refractivity (Wildman–Crippen MR) is 212 cm³/mol. The number of ether oxygens (including phenoxy) is 2. The number of hydrogen-bond acceptors (Lipinski definition) is 11. The van der Waals surface area contributed by atoms with Crippen LogP contribution < -0.4 is 0 Å². The van der Waals surface area contributed by atoms with E-state index in [1.807, 2.05) is 21.1 Å². The van der Waals surface area contributed by atoms with Gasteiger partial charge in [0.15, 0.2) is 17.4 Å². The van der Waals surface area contributed by atoms with E-state index in [0.29, 0.717) is 23.9 Å². The van der Waals surface area contributed by atoms with Crippen molar-refractivity contribution in [1.29, 1.82) is 0 Å². The molecule has 2 rings (SSSR count). The highest BCUT2D eigenvalue weighted by Crippen LogP contribution is 2.43. The monoisotopic (exact) mass is 787 g/mol. The van der Waals surface area contributed by atoms with E-state index in [0.717, 1.165) is 51.4 Å². The molecule has 13 nitrogen and oxygen atoms in total. The zero-order chi connectivity index (χ0) is 39.6. The van der Waals surface area contributed by atoms with Gasteiger partial charge in [0.05, 0.1) is 27.7 Å². The Labute approximate surface area is 327 Å². The molecule has 54 heavy (non-hydrogen) atoms. The summed E-state index contributed by atoms with van der Waals surface area (Å²) in [7, 11) is 1.40. The first kappa shape index (κ1) is 48.4. The van der Waals surface area contributed by atoms with Crippen LogP contribution in [-0.4, -0.2) is 86.3 Å². The summed E-state index contributed by atoms with van der Waals surface area (Å²) < 4.78 is 34.4. The summed E-state index contributed by atoms with van der Waals surface area (Å²) in [5, 5.41) is 17.3. The Morgan fingerprint density at radius 3 is 1.43 bits per heavy atom. The lowest BCUT2D eigenvalue weighted by molar-refractivity contribution is -0.870. The van der Waals surface area contributed by atoms with Gasteiger partial charge in [-0.15, -0.1) is 0 Å². The van der Waals surface area contributed by atoms with E-state index in [4.69, 9.17) is 18.5 Å². The molecule has 314 valence electrons. The number of esters is 2. The molecule has 1 N–H and O–H groups in total. The standard InChI is InChI=1S/C40H76N5O8P/c1-6-8-10-12-14-16-18-22-28-39(41-42-39)30-24-20-26-37(46)50-34-36(35-52-54(48,49)51-33-32-45(3,4)5)53-38(47)27-21-25-31-40(43-44-40)29-23-19-17-15-13-11-9-7-2/h36H,6-35H2,1-5H3/p+1. The number of quaternary nitrogens is 1. The van der Waals surface area contributed by atoms with Gasteiger partial charge in [-0.25, -0.2) is 4.57 Å². The number of unbranched alkanes of at least 4 members (excludes halogenated alkanes) is 16. The number of phosphoric ester groups is 1. The van der Waals surface area contributed by atoms with Crippen LogP contribution in [0.2, 0.25) is 0 Å². The van der Waals surface area contributed by atoms with Crippen molar-refractivity contribution in [2.24, 2.45) is 20.5 Å². The van der Waals surface area contributed by atoms with Gasteiger partial charge in [-0.2, -0.15) is 20.5 Å². The van der Waals surface area contributed by atoms with Crippen LogP contribution in [0.3, 0.4) is 0 Å². The zero-order valence-corrected chi connectivity index (χ0v) is 35.7. The third-order valence-corrected chi connectivity index (χ3v) is 11.2. The highest BCUT2D eigenvalue weighted by molar-refractivity contribution is 7.47. The second kappa shape index (κ2) is 27.0. The molecule has 0 spiro atoms. The number of rotatable bonds is 38. The summed E-state index contributed by atoms with van der Waals surface area (Å²) in [5.41, 5.74) is -0.536. The molecule has 0 fully saturated rings. The average molecular weight is 787 g/mol. The predicted octanol–water partition coefficient (Wildman–Crippen LogP) is 10.8. The quantitative estimate of drug-likeness (QED) is 0.0280. The van der Waals surface area contributed by atoms with Crippen molar-refractivity contribution in [3.63, 3.8) is 0 Å². The molecule has 14 heteroatoms. The average Bonchev–Trinajstić information content (AvgIpc) is 4.06. The summed E-state index contributed by atoms with van der Waals surface area (Å²) in [6.07, 6.45) is 25.9. The van der Waals surface area contributed by atoms with Gasteiger partial charge >= 0.3 is 19.8 Å². The maximum absolute atomic E-state index is 12.8. The fourth-order valence-corrected chi connectivity index (χ4v) is 7.24. The van der Waals surface area contributed by atoms with Gasteiger partial charge < -0.3 is 18.9 Å². The Bertz CT molecular complexity index is 1140. The number of carbonyl (C=O) groups excluding carboxylic acids is 2. The van der Waals surface area contributed by atoms with E-state index >= 15 is 0 Å². The van der Waals surface area contributed by atoms with Crippen molar-refractivity contribution in [3.05, 3.63) is 0 Å². The topological polar surface area (TPSA) is 158 Å². The van der Waals surface area contributed by atoms with E-state index in [2.05, 4.69) is 34.3 Å². The van der Waals surface area contributed by atoms with E-state index in [9.17, 15) is 19.0 Å². The largest absolute Gasteiger partial charge is 0.472 e. The molecule has 0 radical (unpaired) electrons. The van der Waals surface area contributed by atoms with Crippen molar-refractivity contribution in [2.75, 3.05) is 47.5 Å². The van der Waals surface area contributed by atoms with Gasteiger partial charge in [-0.05, 0) is 64.2 Å². The lowest BCUT2D eigenvalue weighted by Crippen LogP contribution is -2.37. The maximum Gasteiger partial charge on any atom is 0.472 e. The maximum atomic E-state index is 12.8. The van der Waals surface area contributed by atoms with Gasteiger partial charge in [0, 0.05) is 12.8 Å². The van der Waals surface area contributed by atoms with Crippen LogP contribution in [0, 0.1) is 0 Å². The van der Waals surface area contributed by atoms with Crippen molar-refractivity contribution in [1.82, 2.24) is 0 Å². The molecule has 0 aromatic carbocycles. The molecule has 0 aliphatic carbocycles. The smallest absolute Gasteiger partial charge is 0.462 e. The first-order valence-corrected chi connectivity index (χ1v) is 23.0. The zero-order valence-electron chi connectivity index (χ0n) is 34.8. The lowest BCUT2D eigenvalue weighted by atomic mass is 9.98. The van der Waals surface area contributed by atoms with E-state index in [-0.39, 0.29) is 37.4 Å². The summed E-state index contributed by atoms with van der Waals surface area (Å²) in [5.74, 6) is -0.915. The molecule has 2 heterocycles. The molecule has 0 bridgehead atoms.